The maximum Gasteiger partial charge on any atom is 0.0867 e. The lowest BCUT2D eigenvalue weighted by atomic mass is 10.2. The topological polar surface area (TPSA) is 42.4 Å². The van der Waals surface area contributed by atoms with Crippen molar-refractivity contribution < 1.29 is 9.84 Å². The minimum atomic E-state index is -0.445. The summed E-state index contributed by atoms with van der Waals surface area (Å²) in [5, 5.41) is 11.0. The highest BCUT2D eigenvalue weighted by atomic mass is 32.2. The average Bonchev–Trinajstić information content (AvgIpc) is 2.42. The van der Waals surface area contributed by atoms with Crippen molar-refractivity contribution >= 4 is 22.7 Å². The third-order valence-corrected chi connectivity index (χ3v) is 3.88. The van der Waals surface area contributed by atoms with E-state index in [1.165, 1.54) is 0 Å². The third-order valence-electron chi connectivity index (χ3n) is 2.66. The molecule has 0 aliphatic rings. The van der Waals surface area contributed by atoms with Crippen molar-refractivity contribution in [1.29, 1.82) is 0 Å². The molecule has 0 bridgehead atoms. The van der Waals surface area contributed by atoms with Gasteiger partial charge in [-0.15, -0.1) is 11.8 Å². The van der Waals surface area contributed by atoms with E-state index >= 15 is 0 Å². The molecule has 0 unspecified atom stereocenters. The molecule has 0 radical (unpaired) electrons. The Bertz CT molecular complexity index is 525. The molecule has 1 heterocycles. The van der Waals surface area contributed by atoms with Gasteiger partial charge < -0.3 is 9.84 Å². The standard InChI is InChI=1S/C15H19NO2S/c1-11(2)18-9-12(17)10-19-15-7-8-16-14-6-4-3-5-13(14)15/h3-8,11-12,17H,9-10H2,1-2H3/t12-/m0/s1. The zero-order valence-corrected chi connectivity index (χ0v) is 12.1. The number of thioether (sulfide) groups is 1. The molecule has 2 rings (SSSR count). The quantitative estimate of drug-likeness (QED) is 0.824. The molecule has 3 nitrogen and oxygen atoms in total. The van der Waals surface area contributed by atoms with Gasteiger partial charge in [0, 0.05) is 22.2 Å². The van der Waals surface area contributed by atoms with Crippen molar-refractivity contribution in [2.75, 3.05) is 12.4 Å². The van der Waals surface area contributed by atoms with E-state index in [1.54, 1.807) is 11.8 Å². The molecular weight excluding hydrogens is 258 g/mol. The van der Waals surface area contributed by atoms with E-state index in [0.717, 1.165) is 15.8 Å². The van der Waals surface area contributed by atoms with Gasteiger partial charge in [-0.25, -0.2) is 0 Å². The van der Waals surface area contributed by atoms with Crippen LogP contribution in [-0.4, -0.2) is 34.7 Å². The molecule has 0 fully saturated rings. The Morgan fingerprint density at radius 3 is 2.84 bits per heavy atom. The van der Waals surface area contributed by atoms with Gasteiger partial charge in [-0.3, -0.25) is 4.98 Å². The number of aliphatic hydroxyl groups excluding tert-OH is 1. The fourth-order valence-corrected chi connectivity index (χ4v) is 2.69. The van der Waals surface area contributed by atoms with Gasteiger partial charge in [0.15, 0.2) is 0 Å². The highest BCUT2D eigenvalue weighted by molar-refractivity contribution is 7.99. The van der Waals surface area contributed by atoms with Crippen LogP contribution in [-0.2, 0) is 4.74 Å². The summed E-state index contributed by atoms with van der Waals surface area (Å²) in [5.74, 6) is 0.626. The number of pyridine rings is 1. The highest BCUT2D eigenvalue weighted by Gasteiger charge is 2.08. The van der Waals surface area contributed by atoms with Crippen LogP contribution in [0.1, 0.15) is 13.8 Å². The summed E-state index contributed by atoms with van der Waals surface area (Å²) in [7, 11) is 0. The minimum absolute atomic E-state index is 0.154. The Hall–Kier alpha value is -1.10. The molecule has 1 atom stereocenters. The zero-order chi connectivity index (χ0) is 13.7. The van der Waals surface area contributed by atoms with Crippen LogP contribution in [0.2, 0.25) is 0 Å². The number of fused-ring (bicyclic) bond motifs is 1. The summed E-state index contributed by atoms with van der Waals surface area (Å²) < 4.78 is 5.40. The Balaban J connectivity index is 1.98. The van der Waals surface area contributed by atoms with Crippen molar-refractivity contribution in [3.8, 4) is 0 Å². The number of rotatable bonds is 6. The first-order valence-corrected chi connectivity index (χ1v) is 7.41. The summed E-state index contributed by atoms with van der Waals surface area (Å²) >= 11 is 1.64. The summed E-state index contributed by atoms with van der Waals surface area (Å²) in [6.07, 6.45) is 1.52. The number of aliphatic hydroxyl groups is 1. The molecule has 102 valence electrons. The van der Waals surface area contributed by atoms with Crippen LogP contribution in [0, 0.1) is 0 Å². The average molecular weight is 277 g/mol. The van der Waals surface area contributed by atoms with E-state index in [0.29, 0.717) is 12.4 Å². The predicted octanol–water partition coefficient (Wildman–Crippen LogP) is 3.11. The number of aromatic nitrogens is 1. The monoisotopic (exact) mass is 277 g/mol. The highest BCUT2D eigenvalue weighted by Crippen LogP contribution is 2.26. The molecule has 1 N–H and O–H groups in total. The Kier molecular flexibility index (Phi) is 5.19. The van der Waals surface area contributed by atoms with E-state index in [-0.39, 0.29) is 6.10 Å². The van der Waals surface area contributed by atoms with E-state index in [2.05, 4.69) is 11.1 Å². The zero-order valence-electron chi connectivity index (χ0n) is 11.2. The molecule has 2 aromatic rings. The molecule has 1 aromatic carbocycles. The SMILES string of the molecule is CC(C)OC[C@H](O)CSc1ccnc2ccccc12. The normalized spacial score (nSPS) is 13.1. The van der Waals surface area contributed by atoms with Crippen molar-refractivity contribution in [1.82, 2.24) is 4.98 Å². The van der Waals surface area contributed by atoms with E-state index in [1.807, 2.05) is 44.3 Å². The van der Waals surface area contributed by atoms with E-state index in [4.69, 9.17) is 4.74 Å². The smallest absolute Gasteiger partial charge is 0.0867 e. The maximum atomic E-state index is 9.87. The van der Waals surface area contributed by atoms with Gasteiger partial charge in [0.2, 0.25) is 0 Å². The second-order valence-electron chi connectivity index (χ2n) is 4.67. The van der Waals surface area contributed by atoms with Gasteiger partial charge in [0.25, 0.3) is 0 Å². The Labute approximate surface area is 118 Å². The van der Waals surface area contributed by atoms with Crippen LogP contribution < -0.4 is 0 Å². The minimum Gasteiger partial charge on any atom is -0.390 e. The second kappa shape index (κ2) is 6.89. The van der Waals surface area contributed by atoms with E-state index in [9.17, 15) is 5.11 Å². The fourth-order valence-electron chi connectivity index (χ4n) is 1.73. The lowest BCUT2D eigenvalue weighted by Gasteiger charge is -2.13. The molecule has 19 heavy (non-hydrogen) atoms. The first-order chi connectivity index (χ1) is 9.16. The van der Waals surface area contributed by atoms with Crippen LogP contribution >= 0.6 is 11.8 Å². The van der Waals surface area contributed by atoms with Crippen LogP contribution in [0.4, 0.5) is 0 Å². The predicted molar refractivity (Wildman–Crippen MR) is 79.6 cm³/mol. The maximum absolute atomic E-state index is 9.87. The fraction of sp³-hybridized carbons (Fsp3) is 0.400. The summed E-state index contributed by atoms with van der Waals surface area (Å²) in [6.45, 7) is 4.32. The van der Waals surface area contributed by atoms with Crippen LogP contribution in [0.3, 0.4) is 0 Å². The lowest BCUT2D eigenvalue weighted by molar-refractivity contribution is 0.0152. The van der Waals surface area contributed by atoms with Crippen LogP contribution in [0.15, 0.2) is 41.4 Å². The molecule has 0 aliphatic heterocycles. The first-order valence-electron chi connectivity index (χ1n) is 6.43. The summed E-state index contributed by atoms with van der Waals surface area (Å²) in [6, 6.07) is 10.0. The first kappa shape index (κ1) is 14.3. The number of benzene rings is 1. The van der Waals surface area contributed by atoms with Gasteiger partial charge in [-0.1, -0.05) is 18.2 Å². The van der Waals surface area contributed by atoms with Crippen molar-refractivity contribution in [3.05, 3.63) is 36.5 Å². The molecular formula is C15H19NO2S. The van der Waals surface area contributed by atoms with E-state index < -0.39 is 6.10 Å². The summed E-state index contributed by atoms with van der Waals surface area (Å²) in [5.41, 5.74) is 0.987. The Morgan fingerprint density at radius 1 is 1.26 bits per heavy atom. The number of nitrogens with zero attached hydrogens (tertiary/aromatic N) is 1. The van der Waals surface area contributed by atoms with Gasteiger partial charge in [0.05, 0.1) is 24.3 Å². The molecule has 1 aromatic heterocycles. The second-order valence-corrected chi connectivity index (χ2v) is 5.73. The third kappa shape index (κ3) is 4.20. The number of para-hydroxylation sites is 1. The number of hydrogen-bond acceptors (Lipinski definition) is 4. The van der Waals surface area contributed by atoms with Crippen molar-refractivity contribution in [2.24, 2.45) is 0 Å². The van der Waals surface area contributed by atoms with Crippen molar-refractivity contribution in [3.63, 3.8) is 0 Å². The van der Waals surface area contributed by atoms with Gasteiger partial charge in [-0.05, 0) is 26.0 Å². The van der Waals surface area contributed by atoms with Gasteiger partial charge in [-0.2, -0.15) is 0 Å². The van der Waals surface area contributed by atoms with Crippen LogP contribution in [0.5, 0.6) is 0 Å². The number of hydrogen-bond donors (Lipinski definition) is 1. The Morgan fingerprint density at radius 2 is 2.05 bits per heavy atom. The molecule has 4 heteroatoms. The lowest BCUT2D eigenvalue weighted by Crippen LogP contribution is -2.20. The summed E-state index contributed by atoms with van der Waals surface area (Å²) in [4.78, 5) is 5.48. The van der Waals surface area contributed by atoms with Gasteiger partial charge in [0.1, 0.15) is 0 Å². The molecule has 0 saturated carbocycles. The van der Waals surface area contributed by atoms with Crippen molar-refractivity contribution in [2.45, 2.75) is 31.0 Å². The number of ether oxygens (including phenoxy) is 1. The van der Waals surface area contributed by atoms with Crippen LogP contribution in [0.25, 0.3) is 10.9 Å². The molecule has 0 saturated heterocycles. The molecule has 0 spiro atoms. The largest absolute Gasteiger partial charge is 0.390 e. The molecule has 0 aliphatic carbocycles. The van der Waals surface area contributed by atoms with Gasteiger partial charge >= 0.3 is 0 Å². The molecule has 0 amide bonds.